The molecule has 4 nitrogen and oxygen atoms in total. The zero-order chi connectivity index (χ0) is 8.48. The van der Waals surface area contributed by atoms with Gasteiger partial charge in [-0.05, 0) is 0 Å². The molecule has 0 aliphatic rings. The fraction of sp³-hybridized carbons (Fsp3) is 0.250. The zero-order valence-electron chi connectivity index (χ0n) is 5.27. The van der Waals surface area contributed by atoms with Crippen molar-refractivity contribution in [1.82, 2.24) is 4.98 Å². The van der Waals surface area contributed by atoms with E-state index in [1.165, 1.54) is 5.38 Å². The first kappa shape index (κ1) is 9.16. The van der Waals surface area contributed by atoms with E-state index in [9.17, 15) is 4.57 Å². The van der Waals surface area contributed by atoms with Crippen LogP contribution in [0.15, 0.2) is 5.38 Å². The van der Waals surface area contributed by atoms with Crippen LogP contribution in [0, 0.1) is 0 Å². The van der Waals surface area contributed by atoms with Crippen LogP contribution in [-0.4, -0.2) is 14.8 Å². The molecule has 0 saturated heterocycles. The molecular weight excluding hydrogens is 209 g/mol. The first-order valence-electron chi connectivity index (χ1n) is 2.62. The first-order chi connectivity index (χ1) is 4.97. The number of thiazole rings is 1. The summed E-state index contributed by atoms with van der Waals surface area (Å²) < 4.78 is 10.7. The van der Waals surface area contributed by atoms with E-state index in [-0.39, 0.29) is 6.16 Å². The van der Waals surface area contributed by atoms with E-state index >= 15 is 0 Å². The summed E-state index contributed by atoms with van der Waals surface area (Å²) >= 11 is 6.60. The molecule has 2 N–H and O–H groups in total. The molecule has 62 valence electrons. The van der Waals surface area contributed by atoms with E-state index in [0.29, 0.717) is 10.2 Å². The summed E-state index contributed by atoms with van der Waals surface area (Å²) in [7, 11) is -3.99. The Morgan fingerprint density at radius 1 is 1.73 bits per heavy atom. The molecule has 0 saturated carbocycles. The second-order valence-corrected chi connectivity index (χ2v) is 5.00. The van der Waals surface area contributed by atoms with E-state index < -0.39 is 7.60 Å². The molecule has 1 heterocycles. The van der Waals surface area contributed by atoms with Crippen molar-refractivity contribution in [3.05, 3.63) is 15.5 Å². The van der Waals surface area contributed by atoms with E-state index in [4.69, 9.17) is 21.4 Å². The van der Waals surface area contributed by atoms with Gasteiger partial charge in [0.1, 0.15) is 0 Å². The Morgan fingerprint density at radius 2 is 2.36 bits per heavy atom. The molecule has 0 aliphatic heterocycles. The SMILES string of the molecule is O=P(O)(O)Cc1csc(Cl)n1. The summed E-state index contributed by atoms with van der Waals surface area (Å²) in [5.41, 5.74) is 0.341. The quantitative estimate of drug-likeness (QED) is 0.730. The molecule has 7 heteroatoms. The molecule has 0 aliphatic carbocycles. The van der Waals surface area contributed by atoms with Gasteiger partial charge in [0.25, 0.3) is 0 Å². The van der Waals surface area contributed by atoms with Crippen molar-refractivity contribution in [3.8, 4) is 0 Å². The summed E-state index contributed by atoms with van der Waals surface area (Å²) in [6.07, 6.45) is -0.337. The van der Waals surface area contributed by atoms with Gasteiger partial charge in [0.05, 0.1) is 11.9 Å². The molecular formula is C4H5ClNO3PS. The first-order valence-corrected chi connectivity index (χ1v) is 5.67. The van der Waals surface area contributed by atoms with Gasteiger partial charge in [-0.3, -0.25) is 4.57 Å². The van der Waals surface area contributed by atoms with Gasteiger partial charge in [0.2, 0.25) is 0 Å². The van der Waals surface area contributed by atoms with Gasteiger partial charge in [-0.15, -0.1) is 11.3 Å². The van der Waals surface area contributed by atoms with Crippen LogP contribution in [0.1, 0.15) is 5.69 Å². The smallest absolute Gasteiger partial charge is 0.324 e. The normalized spacial score (nSPS) is 11.9. The van der Waals surface area contributed by atoms with Crippen molar-refractivity contribution >= 4 is 30.5 Å². The predicted molar refractivity (Wildman–Crippen MR) is 42.9 cm³/mol. The van der Waals surface area contributed by atoms with Crippen molar-refractivity contribution in [2.45, 2.75) is 6.16 Å². The Hall–Kier alpha value is 0.0700. The fourth-order valence-electron chi connectivity index (χ4n) is 0.566. The molecule has 0 amide bonds. The van der Waals surface area contributed by atoms with Gasteiger partial charge >= 0.3 is 7.60 Å². The van der Waals surface area contributed by atoms with Crippen LogP contribution in [0.2, 0.25) is 4.47 Å². The van der Waals surface area contributed by atoms with Crippen LogP contribution in [0.4, 0.5) is 0 Å². The van der Waals surface area contributed by atoms with Crippen molar-refractivity contribution < 1.29 is 14.4 Å². The van der Waals surface area contributed by atoms with Crippen molar-refractivity contribution in [1.29, 1.82) is 0 Å². The molecule has 0 radical (unpaired) electrons. The lowest BCUT2D eigenvalue weighted by Gasteiger charge is -1.98. The number of rotatable bonds is 2. The minimum atomic E-state index is -3.99. The van der Waals surface area contributed by atoms with Gasteiger partial charge in [0, 0.05) is 5.38 Å². The molecule has 0 spiro atoms. The number of nitrogens with zero attached hydrogens (tertiary/aromatic N) is 1. The van der Waals surface area contributed by atoms with Crippen LogP contribution in [-0.2, 0) is 10.7 Å². The van der Waals surface area contributed by atoms with Crippen LogP contribution >= 0.6 is 30.5 Å². The highest BCUT2D eigenvalue weighted by molar-refractivity contribution is 7.50. The van der Waals surface area contributed by atoms with Gasteiger partial charge < -0.3 is 9.79 Å². The van der Waals surface area contributed by atoms with Gasteiger partial charge in [-0.2, -0.15) is 0 Å². The molecule has 0 unspecified atom stereocenters. The second-order valence-electron chi connectivity index (χ2n) is 1.91. The topological polar surface area (TPSA) is 70.4 Å². The largest absolute Gasteiger partial charge is 0.331 e. The lowest BCUT2D eigenvalue weighted by Crippen LogP contribution is -1.85. The average Bonchev–Trinajstić information content (AvgIpc) is 2.10. The average molecular weight is 214 g/mol. The molecule has 0 fully saturated rings. The lowest BCUT2D eigenvalue weighted by atomic mass is 10.6. The lowest BCUT2D eigenvalue weighted by molar-refractivity contribution is 0.371. The monoisotopic (exact) mass is 213 g/mol. The number of halogens is 1. The van der Waals surface area contributed by atoms with Crippen LogP contribution in [0.5, 0.6) is 0 Å². The zero-order valence-corrected chi connectivity index (χ0v) is 7.73. The van der Waals surface area contributed by atoms with Crippen LogP contribution < -0.4 is 0 Å². The third kappa shape index (κ3) is 3.31. The fourth-order valence-corrected chi connectivity index (χ4v) is 2.05. The third-order valence-electron chi connectivity index (χ3n) is 0.892. The second kappa shape index (κ2) is 3.21. The maximum atomic E-state index is 10.4. The van der Waals surface area contributed by atoms with Crippen molar-refractivity contribution in [2.75, 3.05) is 0 Å². The third-order valence-corrected chi connectivity index (χ3v) is 2.66. The van der Waals surface area contributed by atoms with Gasteiger partial charge in [0.15, 0.2) is 4.47 Å². The minimum Gasteiger partial charge on any atom is -0.324 e. The molecule has 1 aromatic rings. The Balaban J connectivity index is 2.73. The van der Waals surface area contributed by atoms with Gasteiger partial charge in [-0.1, -0.05) is 11.6 Å². The number of aromatic nitrogens is 1. The van der Waals surface area contributed by atoms with Crippen molar-refractivity contribution in [3.63, 3.8) is 0 Å². The Morgan fingerprint density at radius 3 is 2.73 bits per heavy atom. The van der Waals surface area contributed by atoms with E-state index in [1.54, 1.807) is 0 Å². The Kier molecular flexibility index (Phi) is 2.67. The molecule has 11 heavy (non-hydrogen) atoms. The molecule has 0 aromatic carbocycles. The maximum absolute atomic E-state index is 10.4. The standard InChI is InChI=1S/C4H5ClNO3PS/c5-4-6-3(2-11-4)1-10(7,8)9/h2H,1H2,(H2,7,8,9). The maximum Gasteiger partial charge on any atom is 0.331 e. The van der Waals surface area contributed by atoms with Crippen LogP contribution in [0.25, 0.3) is 0 Å². The summed E-state index contributed by atoms with van der Waals surface area (Å²) in [5.74, 6) is 0. The number of hydrogen-bond acceptors (Lipinski definition) is 3. The highest BCUT2D eigenvalue weighted by Crippen LogP contribution is 2.39. The molecule has 1 rings (SSSR count). The van der Waals surface area contributed by atoms with E-state index in [0.717, 1.165) is 11.3 Å². The van der Waals surface area contributed by atoms with Crippen molar-refractivity contribution in [2.24, 2.45) is 0 Å². The van der Waals surface area contributed by atoms with Gasteiger partial charge in [-0.25, -0.2) is 4.98 Å². The highest BCUT2D eigenvalue weighted by Gasteiger charge is 2.15. The Labute approximate surface area is 72.0 Å². The summed E-state index contributed by atoms with van der Waals surface area (Å²) in [4.78, 5) is 20.7. The highest BCUT2D eigenvalue weighted by atomic mass is 35.5. The van der Waals surface area contributed by atoms with Crippen LogP contribution in [0.3, 0.4) is 0 Å². The molecule has 1 aromatic heterocycles. The predicted octanol–water partition coefficient (Wildman–Crippen LogP) is 1.47. The minimum absolute atomic E-state index is 0.299. The molecule has 0 atom stereocenters. The van der Waals surface area contributed by atoms with E-state index in [2.05, 4.69) is 4.98 Å². The molecule has 0 bridgehead atoms. The Bertz CT molecular complexity index is 295. The summed E-state index contributed by atoms with van der Waals surface area (Å²) in [6, 6.07) is 0. The summed E-state index contributed by atoms with van der Waals surface area (Å²) in [5, 5.41) is 1.53. The van der Waals surface area contributed by atoms with E-state index in [1.807, 2.05) is 0 Å². The number of hydrogen-bond donors (Lipinski definition) is 2. The summed E-state index contributed by atoms with van der Waals surface area (Å²) in [6.45, 7) is 0.